The van der Waals surface area contributed by atoms with E-state index < -0.39 is 0 Å². The average molecular weight is 293 g/mol. The van der Waals surface area contributed by atoms with E-state index in [1.165, 1.54) is 6.07 Å². The molecule has 0 aliphatic carbocycles. The van der Waals surface area contributed by atoms with E-state index >= 15 is 0 Å². The lowest BCUT2D eigenvalue weighted by atomic mass is 10.1. The van der Waals surface area contributed by atoms with Crippen molar-refractivity contribution in [1.82, 2.24) is 9.80 Å². The van der Waals surface area contributed by atoms with Gasteiger partial charge in [-0.15, -0.1) is 0 Å². The summed E-state index contributed by atoms with van der Waals surface area (Å²) in [5.74, 6) is -0.426. The van der Waals surface area contributed by atoms with Crippen LogP contribution in [0.4, 0.5) is 4.39 Å². The fourth-order valence-corrected chi connectivity index (χ4v) is 2.59. The van der Waals surface area contributed by atoms with Crippen LogP contribution in [0.1, 0.15) is 29.8 Å². The Morgan fingerprint density at radius 3 is 2.43 bits per heavy atom. The van der Waals surface area contributed by atoms with Crippen molar-refractivity contribution in [2.24, 2.45) is 5.73 Å². The van der Waals surface area contributed by atoms with Gasteiger partial charge in [-0.1, -0.05) is 6.07 Å². The molecule has 1 amide bonds. The summed E-state index contributed by atoms with van der Waals surface area (Å²) < 4.78 is 13.6. The number of rotatable bonds is 3. The number of piperazine rings is 1. The molecule has 1 aliphatic rings. The molecular weight excluding hydrogens is 269 g/mol. The van der Waals surface area contributed by atoms with Gasteiger partial charge in [-0.05, 0) is 38.5 Å². The third-order valence-corrected chi connectivity index (χ3v) is 3.71. The molecule has 1 aromatic rings. The summed E-state index contributed by atoms with van der Waals surface area (Å²) >= 11 is 0. The molecule has 1 saturated heterocycles. The number of hydrogen-bond acceptors (Lipinski definition) is 3. The highest BCUT2D eigenvalue weighted by Crippen LogP contribution is 2.14. The summed E-state index contributed by atoms with van der Waals surface area (Å²) in [5.41, 5.74) is 6.77. The molecule has 1 heterocycles. The van der Waals surface area contributed by atoms with Gasteiger partial charge in [0.05, 0.1) is 0 Å². The number of amides is 1. The average Bonchev–Trinajstić information content (AvgIpc) is 2.40. The Morgan fingerprint density at radius 1 is 1.29 bits per heavy atom. The van der Waals surface area contributed by atoms with Crippen molar-refractivity contribution < 1.29 is 9.18 Å². The minimum absolute atomic E-state index is 0.0967. The fraction of sp³-hybridized carbons (Fsp3) is 0.562. The zero-order chi connectivity index (χ0) is 15.6. The van der Waals surface area contributed by atoms with Crippen LogP contribution in [-0.4, -0.2) is 54.0 Å². The van der Waals surface area contributed by atoms with Gasteiger partial charge >= 0.3 is 0 Å². The Labute approximate surface area is 125 Å². The molecule has 1 aromatic carbocycles. The molecule has 0 radical (unpaired) electrons. The van der Waals surface area contributed by atoms with Crippen LogP contribution in [0.25, 0.3) is 0 Å². The third-order valence-electron chi connectivity index (χ3n) is 3.71. The molecular formula is C16H24FN3O. The summed E-state index contributed by atoms with van der Waals surface area (Å²) in [7, 11) is 0. The summed E-state index contributed by atoms with van der Waals surface area (Å²) in [6.07, 6.45) is 0. The first-order valence-corrected chi connectivity index (χ1v) is 7.33. The quantitative estimate of drug-likeness (QED) is 0.921. The second kappa shape index (κ2) is 6.12. The van der Waals surface area contributed by atoms with Crippen LogP contribution in [0.2, 0.25) is 0 Å². The highest BCUT2D eigenvalue weighted by molar-refractivity contribution is 5.94. The van der Waals surface area contributed by atoms with E-state index in [0.29, 0.717) is 24.2 Å². The zero-order valence-corrected chi connectivity index (χ0v) is 13.0. The van der Waals surface area contributed by atoms with Crippen molar-refractivity contribution in [2.45, 2.75) is 26.3 Å². The smallest absolute Gasteiger partial charge is 0.254 e. The van der Waals surface area contributed by atoms with E-state index in [0.717, 1.165) is 19.6 Å². The van der Waals surface area contributed by atoms with Gasteiger partial charge in [0.1, 0.15) is 5.82 Å². The molecule has 116 valence electrons. The second-order valence-electron chi connectivity index (χ2n) is 6.52. The van der Waals surface area contributed by atoms with Crippen LogP contribution in [0.5, 0.6) is 0 Å². The van der Waals surface area contributed by atoms with Crippen LogP contribution < -0.4 is 5.73 Å². The molecule has 0 atom stereocenters. The summed E-state index contributed by atoms with van der Waals surface area (Å²) in [4.78, 5) is 16.4. The van der Waals surface area contributed by atoms with E-state index in [9.17, 15) is 9.18 Å². The van der Waals surface area contributed by atoms with Crippen molar-refractivity contribution in [3.8, 4) is 0 Å². The molecule has 1 aliphatic heterocycles. The van der Waals surface area contributed by atoms with Crippen LogP contribution in [0.3, 0.4) is 0 Å². The molecule has 4 nitrogen and oxygen atoms in total. The molecule has 21 heavy (non-hydrogen) atoms. The Bertz CT molecular complexity index is 517. The lowest BCUT2D eigenvalue weighted by molar-refractivity contribution is 0.0615. The molecule has 1 fully saturated rings. The number of aryl methyl sites for hydroxylation is 1. The molecule has 0 spiro atoms. The first-order valence-electron chi connectivity index (χ1n) is 7.33. The molecule has 0 bridgehead atoms. The standard InChI is InChI=1S/C16H24FN3O/c1-12-4-5-13(10-14(12)17)15(21)20-8-6-19(7-9-20)11-16(2,3)18/h4-5,10H,6-9,11,18H2,1-3H3. The van der Waals surface area contributed by atoms with Crippen molar-refractivity contribution >= 4 is 5.91 Å². The van der Waals surface area contributed by atoms with Gasteiger partial charge in [0.2, 0.25) is 0 Å². The van der Waals surface area contributed by atoms with Gasteiger partial charge in [0.25, 0.3) is 5.91 Å². The van der Waals surface area contributed by atoms with E-state index in [4.69, 9.17) is 5.73 Å². The maximum absolute atomic E-state index is 13.6. The van der Waals surface area contributed by atoms with E-state index in [-0.39, 0.29) is 17.3 Å². The number of carbonyl (C=O) groups is 1. The van der Waals surface area contributed by atoms with Crippen LogP contribution in [0, 0.1) is 12.7 Å². The molecule has 2 N–H and O–H groups in total. The third kappa shape index (κ3) is 4.25. The van der Waals surface area contributed by atoms with Gasteiger partial charge in [-0.2, -0.15) is 0 Å². The van der Waals surface area contributed by atoms with E-state index in [2.05, 4.69) is 4.90 Å². The van der Waals surface area contributed by atoms with E-state index in [1.54, 1.807) is 24.0 Å². The maximum atomic E-state index is 13.6. The van der Waals surface area contributed by atoms with E-state index in [1.807, 2.05) is 13.8 Å². The number of halogens is 1. The SMILES string of the molecule is Cc1ccc(C(=O)N2CCN(CC(C)(C)N)CC2)cc1F. The number of carbonyl (C=O) groups excluding carboxylic acids is 1. The van der Waals surface area contributed by atoms with Crippen molar-refractivity contribution in [2.75, 3.05) is 32.7 Å². The first-order chi connectivity index (χ1) is 9.76. The largest absolute Gasteiger partial charge is 0.336 e. The minimum atomic E-state index is -0.329. The normalized spacial score (nSPS) is 17.1. The molecule has 2 rings (SSSR count). The van der Waals surface area contributed by atoms with Gasteiger partial charge in [0, 0.05) is 43.8 Å². The highest BCUT2D eigenvalue weighted by atomic mass is 19.1. The van der Waals surface area contributed by atoms with Crippen LogP contribution in [0.15, 0.2) is 18.2 Å². The number of nitrogens with zero attached hydrogens (tertiary/aromatic N) is 2. The van der Waals surface area contributed by atoms with Gasteiger partial charge < -0.3 is 10.6 Å². The first kappa shape index (κ1) is 15.9. The number of benzene rings is 1. The summed E-state index contributed by atoms with van der Waals surface area (Å²) in [6, 6.07) is 4.67. The Morgan fingerprint density at radius 2 is 1.90 bits per heavy atom. The lowest BCUT2D eigenvalue weighted by Crippen LogP contribution is -2.54. The second-order valence-corrected chi connectivity index (χ2v) is 6.52. The van der Waals surface area contributed by atoms with Crippen molar-refractivity contribution in [3.05, 3.63) is 35.1 Å². The lowest BCUT2D eigenvalue weighted by Gasteiger charge is -2.37. The van der Waals surface area contributed by atoms with Crippen molar-refractivity contribution in [3.63, 3.8) is 0 Å². The monoisotopic (exact) mass is 293 g/mol. The predicted octanol–water partition coefficient (Wildman–Crippen LogP) is 1.63. The van der Waals surface area contributed by atoms with Crippen LogP contribution in [-0.2, 0) is 0 Å². The van der Waals surface area contributed by atoms with Gasteiger partial charge in [-0.25, -0.2) is 4.39 Å². The Hall–Kier alpha value is -1.46. The molecule has 0 unspecified atom stereocenters. The fourth-order valence-electron chi connectivity index (χ4n) is 2.59. The maximum Gasteiger partial charge on any atom is 0.254 e. The zero-order valence-electron chi connectivity index (χ0n) is 13.0. The van der Waals surface area contributed by atoms with Gasteiger partial charge in [0.15, 0.2) is 0 Å². The molecule has 0 aromatic heterocycles. The Balaban J connectivity index is 1.95. The summed E-state index contributed by atoms with van der Waals surface area (Å²) in [6.45, 7) is 9.43. The van der Waals surface area contributed by atoms with Crippen LogP contribution >= 0.6 is 0 Å². The Kier molecular flexibility index (Phi) is 4.64. The summed E-state index contributed by atoms with van der Waals surface area (Å²) in [5, 5.41) is 0. The minimum Gasteiger partial charge on any atom is -0.336 e. The predicted molar refractivity (Wildman–Crippen MR) is 81.7 cm³/mol. The topological polar surface area (TPSA) is 49.6 Å². The highest BCUT2D eigenvalue weighted by Gasteiger charge is 2.25. The molecule has 5 heteroatoms. The van der Waals surface area contributed by atoms with Crippen molar-refractivity contribution in [1.29, 1.82) is 0 Å². The number of hydrogen-bond donors (Lipinski definition) is 1. The van der Waals surface area contributed by atoms with Gasteiger partial charge in [-0.3, -0.25) is 9.69 Å². The molecule has 0 saturated carbocycles. The number of nitrogens with two attached hydrogens (primary N) is 1.